The van der Waals surface area contributed by atoms with Crippen molar-refractivity contribution in [2.24, 2.45) is 0 Å². The molecule has 15 heavy (non-hydrogen) atoms. The van der Waals surface area contributed by atoms with E-state index in [0.29, 0.717) is 10.6 Å². The smallest absolute Gasteiger partial charge is 0.217 e. The molecule has 2 aromatic rings. The van der Waals surface area contributed by atoms with Crippen LogP contribution in [0.2, 0.25) is 0 Å². The maximum atomic E-state index is 12.1. The standard InChI is InChI=1S/C10H7BrO2S2/c1-13-7-3-5-15-10(7)8(12)9-6(11)2-4-14-9/h2-5H,1H3. The zero-order valence-electron chi connectivity index (χ0n) is 7.82. The largest absolute Gasteiger partial charge is 0.495 e. The maximum absolute atomic E-state index is 12.1. The average Bonchev–Trinajstić information content (AvgIpc) is 2.84. The Kier molecular flexibility index (Phi) is 3.23. The number of carbonyl (C=O) groups is 1. The molecule has 2 rings (SSSR count). The Morgan fingerprint density at radius 3 is 2.53 bits per heavy atom. The first-order chi connectivity index (χ1) is 7.24. The van der Waals surface area contributed by atoms with Crippen LogP contribution in [0.4, 0.5) is 0 Å². The molecule has 0 radical (unpaired) electrons. The second-order valence-corrected chi connectivity index (χ2v) is 5.43. The van der Waals surface area contributed by atoms with Gasteiger partial charge in [-0.2, -0.15) is 0 Å². The van der Waals surface area contributed by atoms with Crippen LogP contribution >= 0.6 is 38.6 Å². The van der Waals surface area contributed by atoms with E-state index >= 15 is 0 Å². The summed E-state index contributed by atoms with van der Waals surface area (Å²) in [7, 11) is 1.57. The van der Waals surface area contributed by atoms with E-state index in [1.54, 1.807) is 13.2 Å². The normalized spacial score (nSPS) is 10.3. The molecule has 0 aromatic carbocycles. The highest BCUT2D eigenvalue weighted by molar-refractivity contribution is 9.10. The number of carbonyl (C=O) groups excluding carboxylic acids is 1. The second-order valence-electron chi connectivity index (χ2n) is 2.74. The van der Waals surface area contributed by atoms with Crippen molar-refractivity contribution in [1.29, 1.82) is 0 Å². The summed E-state index contributed by atoms with van der Waals surface area (Å²) in [6.07, 6.45) is 0. The molecule has 0 aliphatic rings. The Labute approximate surface area is 104 Å². The van der Waals surface area contributed by atoms with E-state index < -0.39 is 0 Å². The van der Waals surface area contributed by atoms with Gasteiger partial charge in [-0.3, -0.25) is 4.79 Å². The van der Waals surface area contributed by atoms with Gasteiger partial charge in [0.2, 0.25) is 5.78 Å². The third kappa shape index (κ3) is 2.00. The van der Waals surface area contributed by atoms with Gasteiger partial charge in [0.15, 0.2) is 0 Å². The number of rotatable bonds is 3. The van der Waals surface area contributed by atoms with Gasteiger partial charge in [-0.1, -0.05) is 0 Å². The first kappa shape index (κ1) is 10.9. The van der Waals surface area contributed by atoms with Gasteiger partial charge >= 0.3 is 0 Å². The van der Waals surface area contributed by atoms with Crippen LogP contribution in [-0.4, -0.2) is 12.9 Å². The Morgan fingerprint density at radius 2 is 1.93 bits per heavy atom. The SMILES string of the molecule is COc1ccsc1C(=O)c1sccc1Br. The van der Waals surface area contributed by atoms with Crippen molar-refractivity contribution in [1.82, 2.24) is 0 Å². The molecule has 78 valence electrons. The number of halogens is 1. The lowest BCUT2D eigenvalue weighted by molar-refractivity contribution is 0.104. The number of methoxy groups -OCH3 is 1. The van der Waals surface area contributed by atoms with E-state index in [4.69, 9.17) is 4.74 Å². The van der Waals surface area contributed by atoms with Crippen LogP contribution in [0.5, 0.6) is 5.75 Å². The topological polar surface area (TPSA) is 26.3 Å². The van der Waals surface area contributed by atoms with E-state index in [0.717, 1.165) is 9.35 Å². The minimum Gasteiger partial charge on any atom is -0.495 e. The third-order valence-electron chi connectivity index (χ3n) is 1.88. The highest BCUT2D eigenvalue weighted by Crippen LogP contribution is 2.32. The molecular formula is C10H7BrO2S2. The summed E-state index contributed by atoms with van der Waals surface area (Å²) in [4.78, 5) is 13.5. The van der Waals surface area contributed by atoms with Gasteiger partial charge in [0.1, 0.15) is 10.6 Å². The van der Waals surface area contributed by atoms with Gasteiger partial charge in [0.05, 0.1) is 12.0 Å². The highest BCUT2D eigenvalue weighted by atomic mass is 79.9. The number of ketones is 1. The van der Waals surface area contributed by atoms with Gasteiger partial charge in [-0.25, -0.2) is 0 Å². The average molecular weight is 303 g/mol. The molecule has 2 nitrogen and oxygen atoms in total. The summed E-state index contributed by atoms with van der Waals surface area (Å²) >= 11 is 6.18. The molecule has 2 aromatic heterocycles. The molecule has 0 aliphatic heterocycles. The van der Waals surface area contributed by atoms with Gasteiger partial charge < -0.3 is 4.74 Å². The van der Waals surface area contributed by atoms with Crippen LogP contribution < -0.4 is 4.74 Å². The van der Waals surface area contributed by atoms with Crippen LogP contribution in [0.3, 0.4) is 0 Å². The van der Waals surface area contributed by atoms with Crippen LogP contribution in [0.25, 0.3) is 0 Å². The van der Waals surface area contributed by atoms with Gasteiger partial charge in [0, 0.05) is 4.47 Å². The second kappa shape index (κ2) is 4.47. The number of ether oxygens (including phenoxy) is 1. The van der Waals surface area contributed by atoms with Crippen molar-refractivity contribution in [3.05, 3.63) is 37.1 Å². The third-order valence-corrected chi connectivity index (χ3v) is 4.61. The Balaban J connectivity index is 2.41. The Hall–Kier alpha value is -0.650. The lowest BCUT2D eigenvalue weighted by Gasteiger charge is -2.00. The molecular weight excluding hydrogens is 296 g/mol. The van der Waals surface area contributed by atoms with Crippen molar-refractivity contribution in [3.63, 3.8) is 0 Å². The summed E-state index contributed by atoms with van der Waals surface area (Å²) in [6.45, 7) is 0. The fourth-order valence-electron chi connectivity index (χ4n) is 1.18. The summed E-state index contributed by atoms with van der Waals surface area (Å²) in [5.74, 6) is 0.661. The van der Waals surface area contributed by atoms with Crippen molar-refractivity contribution in [3.8, 4) is 5.75 Å². The molecule has 2 heterocycles. The van der Waals surface area contributed by atoms with Crippen LogP contribution in [0.15, 0.2) is 27.4 Å². The molecule has 0 unspecified atom stereocenters. The minimum absolute atomic E-state index is 0.0173. The predicted octanol–water partition coefficient (Wildman–Crippen LogP) is 3.81. The molecule has 0 atom stereocenters. The first-order valence-corrected chi connectivity index (χ1v) is 6.68. The summed E-state index contributed by atoms with van der Waals surface area (Å²) in [6, 6.07) is 3.68. The Morgan fingerprint density at radius 1 is 1.27 bits per heavy atom. The zero-order chi connectivity index (χ0) is 10.8. The van der Waals surface area contributed by atoms with Crippen molar-refractivity contribution in [2.45, 2.75) is 0 Å². The van der Waals surface area contributed by atoms with Gasteiger partial charge in [-0.05, 0) is 38.8 Å². The summed E-state index contributed by atoms with van der Waals surface area (Å²) < 4.78 is 5.96. The van der Waals surface area contributed by atoms with Gasteiger partial charge in [0.25, 0.3) is 0 Å². The molecule has 0 saturated carbocycles. The first-order valence-electron chi connectivity index (χ1n) is 4.13. The molecule has 5 heteroatoms. The van der Waals surface area contributed by atoms with Crippen LogP contribution in [0, 0.1) is 0 Å². The Bertz CT molecular complexity index is 487. The van der Waals surface area contributed by atoms with E-state index in [2.05, 4.69) is 15.9 Å². The lowest BCUT2D eigenvalue weighted by Crippen LogP contribution is -1.98. The highest BCUT2D eigenvalue weighted by Gasteiger charge is 2.19. The zero-order valence-corrected chi connectivity index (χ0v) is 11.0. The number of hydrogen-bond donors (Lipinski definition) is 0. The van der Waals surface area contributed by atoms with E-state index in [-0.39, 0.29) is 5.78 Å². The van der Waals surface area contributed by atoms with E-state index in [1.165, 1.54) is 22.7 Å². The fourth-order valence-corrected chi connectivity index (χ4v) is 3.55. The summed E-state index contributed by atoms with van der Waals surface area (Å²) in [5.41, 5.74) is 0. The quantitative estimate of drug-likeness (QED) is 0.806. The van der Waals surface area contributed by atoms with Crippen molar-refractivity contribution < 1.29 is 9.53 Å². The minimum atomic E-state index is 0.0173. The fraction of sp³-hybridized carbons (Fsp3) is 0.100. The summed E-state index contributed by atoms with van der Waals surface area (Å²) in [5, 5.41) is 3.74. The van der Waals surface area contributed by atoms with E-state index in [1.807, 2.05) is 16.8 Å². The molecule has 0 amide bonds. The van der Waals surface area contributed by atoms with E-state index in [9.17, 15) is 4.79 Å². The van der Waals surface area contributed by atoms with Crippen LogP contribution in [-0.2, 0) is 0 Å². The maximum Gasteiger partial charge on any atom is 0.217 e. The number of thiophene rings is 2. The molecule has 0 aliphatic carbocycles. The molecule has 0 fully saturated rings. The molecule has 0 bridgehead atoms. The molecule has 0 spiro atoms. The molecule has 0 saturated heterocycles. The monoisotopic (exact) mass is 302 g/mol. The number of hydrogen-bond acceptors (Lipinski definition) is 4. The van der Waals surface area contributed by atoms with Crippen molar-refractivity contribution >= 4 is 44.4 Å². The predicted molar refractivity (Wildman–Crippen MR) is 66.3 cm³/mol. The lowest BCUT2D eigenvalue weighted by atomic mass is 10.2. The van der Waals surface area contributed by atoms with Gasteiger partial charge in [-0.15, -0.1) is 22.7 Å². The van der Waals surface area contributed by atoms with Crippen LogP contribution in [0.1, 0.15) is 14.5 Å². The van der Waals surface area contributed by atoms with Crippen molar-refractivity contribution in [2.75, 3.05) is 7.11 Å². The molecule has 0 N–H and O–H groups in total.